The Labute approximate surface area is 139 Å². The van der Waals surface area contributed by atoms with E-state index in [4.69, 9.17) is 4.74 Å². The molecule has 1 saturated heterocycles. The molecular weight excluding hydrogens is 292 g/mol. The number of nitrogens with one attached hydrogen (secondary N) is 1. The van der Waals surface area contributed by atoms with Gasteiger partial charge in [-0.15, -0.1) is 0 Å². The zero-order chi connectivity index (χ0) is 16.7. The van der Waals surface area contributed by atoms with Gasteiger partial charge < -0.3 is 19.9 Å². The van der Waals surface area contributed by atoms with Gasteiger partial charge >= 0.3 is 0 Å². The first-order valence-electron chi connectivity index (χ1n) is 8.25. The highest BCUT2D eigenvalue weighted by molar-refractivity contribution is 5.80. The molecule has 1 N–H and O–H groups in total. The molecule has 0 aromatic carbocycles. The van der Waals surface area contributed by atoms with E-state index in [1.807, 2.05) is 25.0 Å². The fourth-order valence-corrected chi connectivity index (χ4v) is 2.93. The number of likely N-dealkylation sites (tertiary alicyclic amines) is 1. The molecule has 1 aromatic rings. The summed E-state index contributed by atoms with van der Waals surface area (Å²) in [4.78, 5) is 9.03. The summed E-state index contributed by atoms with van der Waals surface area (Å²) in [5.74, 6) is 1.54. The second kappa shape index (κ2) is 8.88. The van der Waals surface area contributed by atoms with Crippen LogP contribution < -0.4 is 5.32 Å². The Hall–Kier alpha value is -1.60. The lowest BCUT2D eigenvalue weighted by atomic mass is 10.0. The average molecular weight is 322 g/mol. The lowest BCUT2D eigenvalue weighted by Gasteiger charge is -2.23. The quantitative estimate of drug-likeness (QED) is 0.580. The maximum Gasteiger partial charge on any atom is 0.193 e. The van der Waals surface area contributed by atoms with Crippen molar-refractivity contribution in [2.45, 2.75) is 12.3 Å². The van der Waals surface area contributed by atoms with Crippen LogP contribution >= 0.6 is 0 Å². The van der Waals surface area contributed by atoms with Crippen LogP contribution in [0.4, 0.5) is 0 Å². The van der Waals surface area contributed by atoms with Gasteiger partial charge in [0.15, 0.2) is 5.96 Å². The SMILES string of the molecule is CN=C(NCCN(C)CCOC)N1CCC(c2cnn(C)c2)C1. The lowest BCUT2D eigenvalue weighted by molar-refractivity contribution is 0.162. The third kappa shape index (κ3) is 5.21. The Morgan fingerprint density at radius 1 is 1.52 bits per heavy atom. The highest BCUT2D eigenvalue weighted by atomic mass is 16.5. The van der Waals surface area contributed by atoms with E-state index in [2.05, 4.69) is 38.5 Å². The summed E-state index contributed by atoms with van der Waals surface area (Å²) in [5.41, 5.74) is 1.32. The number of rotatable bonds is 7. The summed E-state index contributed by atoms with van der Waals surface area (Å²) >= 11 is 0. The number of methoxy groups -OCH3 is 1. The number of aryl methyl sites for hydroxylation is 1. The Morgan fingerprint density at radius 3 is 3.00 bits per heavy atom. The van der Waals surface area contributed by atoms with Crippen molar-refractivity contribution < 1.29 is 4.74 Å². The molecule has 7 nitrogen and oxygen atoms in total. The van der Waals surface area contributed by atoms with Crippen molar-refractivity contribution in [1.82, 2.24) is 24.9 Å². The minimum atomic E-state index is 0.548. The Bertz CT molecular complexity index is 501. The number of guanidine groups is 1. The summed E-state index contributed by atoms with van der Waals surface area (Å²) in [6.45, 7) is 5.63. The van der Waals surface area contributed by atoms with E-state index in [9.17, 15) is 0 Å². The Kier molecular flexibility index (Phi) is 6.85. The molecule has 1 aromatic heterocycles. The summed E-state index contributed by atoms with van der Waals surface area (Å²) in [6, 6.07) is 0. The van der Waals surface area contributed by atoms with Gasteiger partial charge in [0.25, 0.3) is 0 Å². The van der Waals surface area contributed by atoms with Crippen LogP contribution in [0.25, 0.3) is 0 Å². The molecule has 1 aliphatic rings. The second-order valence-corrected chi connectivity index (χ2v) is 6.15. The van der Waals surface area contributed by atoms with Gasteiger partial charge in [-0.25, -0.2) is 0 Å². The molecule has 0 aliphatic carbocycles. The van der Waals surface area contributed by atoms with E-state index in [1.165, 1.54) is 5.56 Å². The maximum absolute atomic E-state index is 5.10. The Balaban J connectivity index is 1.76. The summed E-state index contributed by atoms with van der Waals surface area (Å²) < 4.78 is 6.97. The van der Waals surface area contributed by atoms with Gasteiger partial charge in [-0.3, -0.25) is 9.67 Å². The lowest BCUT2D eigenvalue weighted by Crippen LogP contribution is -2.43. The summed E-state index contributed by atoms with van der Waals surface area (Å²) in [5, 5.41) is 7.75. The molecule has 0 saturated carbocycles. The van der Waals surface area contributed by atoms with E-state index in [-0.39, 0.29) is 0 Å². The molecule has 130 valence electrons. The van der Waals surface area contributed by atoms with Crippen LogP contribution in [0, 0.1) is 0 Å². The third-order valence-corrected chi connectivity index (χ3v) is 4.35. The van der Waals surface area contributed by atoms with Crippen LogP contribution in [0.2, 0.25) is 0 Å². The van der Waals surface area contributed by atoms with Crippen molar-refractivity contribution in [2.75, 3.05) is 60.5 Å². The minimum absolute atomic E-state index is 0.548. The third-order valence-electron chi connectivity index (χ3n) is 4.35. The van der Waals surface area contributed by atoms with E-state index in [1.54, 1.807) is 7.11 Å². The first-order valence-corrected chi connectivity index (χ1v) is 8.25. The van der Waals surface area contributed by atoms with Gasteiger partial charge in [-0.05, 0) is 19.0 Å². The predicted molar refractivity (Wildman–Crippen MR) is 92.9 cm³/mol. The summed E-state index contributed by atoms with van der Waals surface area (Å²) in [6.07, 6.45) is 5.25. The molecule has 0 bridgehead atoms. The number of aromatic nitrogens is 2. The smallest absolute Gasteiger partial charge is 0.193 e. The van der Waals surface area contributed by atoms with E-state index < -0.39 is 0 Å². The van der Waals surface area contributed by atoms with Gasteiger partial charge in [0.2, 0.25) is 0 Å². The predicted octanol–water partition coefficient (Wildman–Crippen LogP) is 0.363. The van der Waals surface area contributed by atoms with E-state index >= 15 is 0 Å². The van der Waals surface area contributed by atoms with Crippen LogP contribution in [0.3, 0.4) is 0 Å². The van der Waals surface area contributed by atoms with Crippen molar-refractivity contribution in [3.8, 4) is 0 Å². The second-order valence-electron chi connectivity index (χ2n) is 6.15. The van der Waals surface area contributed by atoms with Crippen LogP contribution in [-0.4, -0.2) is 86.1 Å². The number of aliphatic imine (C=N–C) groups is 1. The van der Waals surface area contributed by atoms with E-state index in [0.717, 1.165) is 51.7 Å². The topological polar surface area (TPSA) is 57.9 Å². The van der Waals surface area contributed by atoms with Crippen molar-refractivity contribution in [2.24, 2.45) is 12.0 Å². The average Bonchev–Trinajstić information content (AvgIpc) is 3.18. The van der Waals surface area contributed by atoms with Crippen molar-refractivity contribution in [3.63, 3.8) is 0 Å². The highest BCUT2D eigenvalue weighted by Crippen LogP contribution is 2.26. The number of hydrogen-bond donors (Lipinski definition) is 1. The highest BCUT2D eigenvalue weighted by Gasteiger charge is 2.26. The van der Waals surface area contributed by atoms with Crippen LogP contribution in [0.1, 0.15) is 17.9 Å². The molecule has 2 heterocycles. The molecule has 0 radical (unpaired) electrons. The van der Waals surface area contributed by atoms with Gasteiger partial charge in [0.1, 0.15) is 0 Å². The molecule has 2 rings (SSSR count). The molecule has 1 aliphatic heterocycles. The largest absolute Gasteiger partial charge is 0.383 e. The summed E-state index contributed by atoms with van der Waals surface area (Å²) in [7, 11) is 7.67. The van der Waals surface area contributed by atoms with Gasteiger partial charge in [0.05, 0.1) is 12.8 Å². The van der Waals surface area contributed by atoms with Crippen molar-refractivity contribution in [3.05, 3.63) is 18.0 Å². The number of nitrogens with zero attached hydrogens (tertiary/aromatic N) is 5. The zero-order valence-corrected chi connectivity index (χ0v) is 14.8. The normalized spacial score (nSPS) is 18.9. The maximum atomic E-state index is 5.10. The minimum Gasteiger partial charge on any atom is -0.383 e. The van der Waals surface area contributed by atoms with Gasteiger partial charge in [-0.1, -0.05) is 0 Å². The molecule has 0 spiro atoms. The standard InChI is InChI=1S/C16H30N6O/c1-17-16(18-6-8-20(2)9-10-23-4)22-7-5-14(13-22)15-11-19-21(3)12-15/h11-12,14H,5-10,13H2,1-4H3,(H,17,18). The van der Waals surface area contributed by atoms with Crippen molar-refractivity contribution >= 4 is 5.96 Å². The zero-order valence-electron chi connectivity index (χ0n) is 14.8. The molecule has 1 atom stereocenters. The number of likely N-dealkylation sites (N-methyl/N-ethyl adjacent to an activating group) is 1. The first kappa shape index (κ1) is 17.7. The fourth-order valence-electron chi connectivity index (χ4n) is 2.93. The molecular formula is C16H30N6O. The van der Waals surface area contributed by atoms with E-state index in [0.29, 0.717) is 5.92 Å². The molecule has 1 unspecified atom stereocenters. The molecule has 23 heavy (non-hydrogen) atoms. The monoisotopic (exact) mass is 322 g/mol. The fraction of sp³-hybridized carbons (Fsp3) is 0.750. The van der Waals surface area contributed by atoms with Gasteiger partial charge in [0, 0.05) is 66.0 Å². The van der Waals surface area contributed by atoms with Crippen LogP contribution in [-0.2, 0) is 11.8 Å². The van der Waals surface area contributed by atoms with Crippen LogP contribution in [0.5, 0.6) is 0 Å². The number of ether oxygens (including phenoxy) is 1. The molecule has 7 heteroatoms. The Morgan fingerprint density at radius 2 is 2.35 bits per heavy atom. The molecule has 1 fully saturated rings. The van der Waals surface area contributed by atoms with Crippen molar-refractivity contribution in [1.29, 1.82) is 0 Å². The number of hydrogen-bond acceptors (Lipinski definition) is 4. The first-order chi connectivity index (χ1) is 11.1. The van der Waals surface area contributed by atoms with Gasteiger partial charge in [-0.2, -0.15) is 5.10 Å². The molecule has 0 amide bonds. The van der Waals surface area contributed by atoms with Crippen LogP contribution in [0.15, 0.2) is 17.4 Å².